The topological polar surface area (TPSA) is 75.9 Å². The van der Waals surface area contributed by atoms with Gasteiger partial charge in [0, 0.05) is 19.6 Å². The molecule has 0 fully saturated rings. The summed E-state index contributed by atoms with van der Waals surface area (Å²) in [6, 6.07) is 0.203. The minimum atomic E-state index is 0.0856. The summed E-state index contributed by atoms with van der Waals surface area (Å²) >= 11 is 1.38. The van der Waals surface area contributed by atoms with Gasteiger partial charge in [-0.15, -0.1) is 5.10 Å². The fourth-order valence-electron chi connectivity index (χ4n) is 1.53. The van der Waals surface area contributed by atoms with E-state index in [0.29, 0.717) is 23.4 Å². The smallest absolute Gasteiger partial charge is 0.233 e. The van der Waals surface area contributed by atoms with E-state index in [1.807, 2.05) is 20.9 Å². The number of aromatic nitrogens is 4. The molecule has 1 N–H and O–H groups in total. The molecule has 0 aromatic carbocycles. The first-order chi connectivity index (χ1) is 9.91. The quantitative estimate of drug-likeness (QED) is 0.538. The summed E-state index contributed by atoms with van der Waals surface area (Å²) in [6.07, 6.45) is 0. The van der Waals surface area contributed by atoms with Crippen molar-refractivity contribution in [1.82, 2.24) is 30.4 Å². The largest absolute Gasteiger partial charge is 0.343 e. The SMILES string of the molecule is CC(C)CNCCn1nnnc1SCC(=O)N(C)C(C)C. The van der Waals surface area contributed by atoms with E-state index < -0.39 is 0 Å². The first-order valence-corrected chi connectivity index (χ1v) is 8.25. The van der Waals surface area contributed by atoms with Gasteiger partial charge in [0.15, 0.2) is 0 Å². The first-order valence-electron chi connectivity index (χ1n) is 7.27. The zero-order valence-electron chi connectivity index (χ0n) is 13.5. The monoisotopic (exact) mass is 314 g/mol. The number of nitrogens with one attached hydrogen (secondary N) is 1. The van der Waals surface area contributed by atoms with E-state index in [0.717, 1.165) is 13.1 Å². The van der Waals surface area contributed by atoms with Gasteiger partial charge in [-0.1, -0.05) is 25.6 Å². The van der Waals surface area contributed by atoms with Gasteiger partial charge in [0.25, 0.3) is 0 Å². The van der Waals surface area contributed by atoms with Crippen LogP contribution in [0.15, 0.2) is 5.16 Å². The second-order valence-electron chi connectivity index (χ2n) is 5.67. The average molecular weight is 314 g/mol. The molecular formula is C13H26N6OS. The Bertz CT molecular complexity index is 434. The first kappa shape index (κ1) is 17.9. The Labute approximate surface area is 130 Å². The van der Waals surface area contributed by atoms with E-state index in [1.54, 1.807) is 9.58 Å². The molecule has 7 nitrogen and oxygen atoms in total. The van der Waals surface area contributed by atoms with Crippen LogP contribution in [0.1, 0.15) is 27.7 Å². The molecule has 0 saturated heterocycles. The van der Waals surface area contributed by atoms with E-state index >= 15 is 0 Å². The number of carbonyl (C=O) groups excluding carboxylic acids is 1. The van der Waals surface area contributed by atoms with E-state index in [2.05, 4.69) is 34.7 Å². The van der Waals surface area contributed by atoms with Crippen LogP contribution in [0.4, 0.5) is 0 Å². The van der Waals surface area contributed by atoms with Crippen LogP contribution in [0.5, 0.6) is 0 Å². The molecule has 8 heteroatoms. The van der Waals surface area contributed by atoms with Gasteiger partial charge in [-0.3, -0.25) is 4.79 Å². The number of rotatable bonds is 9. The van der Waals surface area contributed by atoms with E-state index in [-0.39, 0.29) is 11.9 Å². The average Bonchev–Trinajstić information content (AvgIpc) is 2.87. The summed E-state index contributed by atoms with van der Waals surface area (Å²) < 4.78 is 1.74. The molecule has 1 aromatic rings. The Morgan fingerprint density at radius 1 is 1.38 bits per heavy atom. The maximum atomic E-state index is 11.9. The highest BCUT2D eigenvalue weighted by Crippen LogP contribution is 2.14. The van der Waals surface area contributed by atoms with Gasteiger partial charge in [-0.05, 0) is 36.7 Å². The molecule has 0 radical (unpaired) electrons. The minimum Gasteiger partial charge on any atom is -0.343 e. The second-order valence-corrected chi connectivity index (χ2v) is 6.61. The summed E-state index contributed by atoms with van der Waals surface area (Å²) in [5, 5.41) is 15.7. The standard InChI is InChI=1S/C13H26N6OS/c1-10(2)8-14-6-7-19-13(15-16-17-19)21-9-12(20)18(5)11(3)4/h10-11,14H,6-9H2,1-5H3. The number of tetrazole rings is 1. The molecule has 0 unspecified atom stereocenters. The maximum Gasteiger partial charge on any atom is 0.233 e. The lowest BCUT2D eigenvalue weighted by Gasteiger charge is -2.20. The Kier molecular flexibility index (Phi) is 7.66. The van der Waals surface area contributed by atoms with Crippen LogP contribution in [0.2, 0.25) is 0 Å². The zero-order valence-corrected chi connectivity index (χ0v) is 14.4. The normalized spacial score (nSPS) is 11.4. The lowest BCUT2D eigenvalue weighted by atomic mass is 10.2. The third-order valence-electron chi connectivity index (χ3n) is 3.04. The Hall–Kier alpha value is -1.15. The molecule has 0 aliphatic carbocycles. The number of thioether (sulfide) groups is 1. The molecule has 0 atom stereocenters. The highest BCUT2D eigenvalue weighted by molar-refractivity contribution is 7.99. The van der Waals surface area contributed by atoms with E-state index in [4.69, 9.17) is 0 Å². The number of amides is 1. The molecule has 120 valence electrons. The van der Waals surface area contributed by atoms with Crippen molar-refractivity contribution in [3.05, 3.63) is 0 Å². The molecule has 1 heterocycles. The number of hydrogen-bond donors (Lipinski definition) is 1. The van der Waals surface area contributed by atoms with Crippen LogP contribution in [0.25, 0.3) is 0 Å². The number of carbonyl (C=O) groups is 1. The number of nitrogens with zero attached hydrogens (tertiary/aromatic N) is 5. The van der Waals surface area contributed by atoms with Gasteiger partial charge in [-0.25, -0.2) is 4.68 Å². The van der Waals surface area contributed by atoms with E-state index in [1.165, 1.54) is 11.8 Å². The van der Waals surface area contributed by atoms with Crippen molar-refractivity contribution in [1.29, 1.82) is 0 Å². The molecule has 21 heavy (non-hydrogen) atoms. The fourth-order valence-corrected chi connectivity index (χ4v) is 2.36. The van der Waals surface area contributed by atoms with Crippen LogP contribution in [-0.4, -0.2) is 62.9 Å². The molecular weight excluding hydrogens is 288 g/mol. The highest BCUT2D eigenvalue weighted by Gasteiger charge is 2.14. The Balaban J connectivity index is 2.39. The Morgan fingerprint density at radius 2 is 2.10 bits per heavy atom. The Morgan fingerprint density at radius 3 is 2.71 bits per heavy atom. The van der Waals surface area contributed by atoms with Crippen molar-refractivity contribution in [2.45, 2.75) is 45.4 Å². The van der Waals surface area contributed by atoms with Crippen LogP contribution in [0.3, 0.4) is 0 Å². The molecule has 1 rings (SSSR count). The van der Waals surface area contributed by atoms with Gasteiger partial charge in [-0.2, -0.15) is 0 Å². The third-order valence-corrected chi connectivity index (χ3v) is 3.99. The van der Waals surface area contributed by atoms with Crippen molar-refractivity contribution >= 4 is 17.7 Å². The molecule has 0 aliphatic rings. The summed E-state index contributed by atoms with van der Waals surface area (Å²) in [6.45, 7) is 10.8. The van der Waals surface area contributed by atoms with Crippen molar-refractivity contribution in [2.24, 2.45) is 5.92 Å². The van der Waals surface area contributed by atoms with Gasteiger partial charge < -0.3 is 10.2 Å². The van der Waals surface area contributed by atoms with Gasteiger partial charge in [0.05, 0.1) is 12.3 Å². The fraction of sp³-hybridized carbons (Fsp3) is 0.846. The lowest BCUT2D eigenvalue weighted by Crippen LogP contribution is -2.34. The minimum absolute atomic E-state index is 0.0856. The maximum absolute atomic E-state index is 11.9. The van der Waals surface area contributed by atoms with Crippen LogP contribution in [0, 0.1) is 5.92 Å². The summed E-state index contributed by atoms with van der Waals surface area (Å²) in [4.78, 5) is 13.7. The molecule has 1 aromatic heterocycles. The van der Waals surface area contributed by atoms with Crippen LogP contribution < -0.4 is 5.32 Å². The van der Waals surface area contributed by atoms with Gasteiger partial charge in [0.1, 0.15) is 0 Å². The summed E-state index contributed by atoms with van der Waals surface area (Å²) in [7, 11) is 1.81. The number of hydrogen-bond acceptors (Lipinski definition) is 6. The van der Waals surface area contributed by atoms with Gasteiger partial charge in [0.2, 0.25) is 11.1 Å². The predicted octanol–water partition coefficient (Wildman–Crippen LogP) is 0.878. The van der Waals surface area contributed by atoms with Crippen LogP contribution >= 0.6 is 11.8 Å². The van der Waals surface area contributed by atoms with Crippen molar-refractivity contribution < 1.29 is 4.79 Å². The molecule has 0 saturated carbocycles. The summed E-state index contributed by atoms with van der Waals surface area (Å²) in [5.41, 5.74) is 0. The second kappa shape index (κ2) is 8.99. The van der Waals surface area contributed by atoms with E-state index in [9.17, 15) is 4.79 Å². The molecule has 1 amide bonds. The van der Waals surface area contributed by atoms with Crippen molar-refractivity contribution in [3.63, 3.8) is 0 Å². The predicted molar refractivity (Wildman–Crippen MR) is 84.2 cm³/mol. The zero-order chi connectivity index (χ0) is 15.8. The van der Waals surface area contributed by atoms with Crippen LogP contribution in [-0.2, 0) is 11.3 Å². The highest BCUT2D eigenvalue weighted by atomic mass is 32.2. The van der Waals surface area contributed by atoms with Gasteiger partial charge >= 0.3 is 0 Å². The molecule has 0 spiro atoms. The van der Waals surface area contributed by atoms with Crippen molar-refractivity contribution in [2.75, 3.05) is 25.9 Å². The summed E-state index contributed by atoms with van der Waals surface area (Å²) in [5.74, 6) is 1.06. The molecule has 0 aliphatic heterocycles. The van der Waals surface area contributed by atoms with Crippen molar-refractivity contribution in [3.8, 4) is 0 Å². The third kappa shape index (κ3) is 6.43. The molecule has 0 bridgehead atoms. The lowest BCUT2D eigenvalue weighted by molar-refractivity contribution is -0.128.